The van der Waals surface area contributed by atoms with Crippen LogP contribution in [0.15, 0.2) is 0 Å². The molecule has 1 saturated carbocycles. The van der Waals surface area contributed by atoms with Crippen LogP contribution in [0, 0.1) is 5.92 Å². The van der Waals surface area contributed by atoms with Gasteiger partial charge in [-0.15, -0.1) is 0 Å². The molecule has 1 amide bonds. The summed E-state index contributed by atoms with van der Waals surface area (Å²) < 4.78 is 25.5. The van der Waals surface area contributed by atoms with Gasteiger partial charge in [0.2, 0.25) is 11.8 Å². The summed E-state index contributed by atoms with van der Waals surface area (Å²) in [4.78, 5) is 11.4. The topological polar surface area (TPSA) is 29.1 Å². The van der Waals surface area contributed by atoms with E-state index in [1.165, 1.54) is 0 Å². The number of carbonyl (C=O) groups is 1. The van der Waals surface area contributed by atoms with Gasteiger partial charge in [-0.3, -0.25) is 4.79 Å². The average molecular weight is 203 g/mol. The summed E-state index contributed by atoms with van der Waals surface area (Å²) in [6, 6.07) is 0. The second-order valence-corrected chi connectivity index (χ2v) is 3.92. The third-order valence-corrected chi connectivity index (χ3v) is 2.64. The van der Waals surface area contributed by atoms with Gasteiger partial charge in [0.05, 0.1) is 0 Å². The van der Waals surface area contributed by atoms with Crippen LogP contribution in [0.25, 0.3) is 0 Å². The molecule has 1 fully saturated rings. The standard InChI is InChI=1S/C9H16BF2NO/c1-10-6-13-8(14)7-2-4-9(11,12)5-3-7/h7,10H,2-6H2,1H3,(H,13,14). The zero-order chi connectivity index (χ0) is 10.6. The van der Waals surface area contributed by atoms with Gasteiger partial charge in [0.25, 0.3) is 0 Å². The number of hydrogen-bond donors (Lipinski definition) is 1. The van der Waals surface area contributed by atoms with E-state index in [2.05, 4.69) is 5.32 Å². The Kier molecular flexibility index (Phi) is 3.90. The molecule has 1 N–H and O–H groups in total. The molecule has 0 aromatic heterocycles. The Morgan fingerprint density at radius 3 is 2.57 bits per heavy atom. The van der Waals surface area contributed by atoms with Crippen molar-refractivity contribution in [1.29, 1.82) is 0 Å². The predicted molar refractivity (Wildman–Crippen MR) is 52.9 cm³/mol. The lowest BCUT2D eigenvalue weighted by atomic mass is 9.81. The number of rotatable bonds is 3. The van der Waals surface area contributed by atoms with Gasteiger partial charge in [-0.25, -0.2) is 8.78 Å². The van der Waals surface area contributed by atoms with Crippen LogP contribution in [0.3, 0.4) is 0 Å². The molecule has 0 heterocycles. The van der Waals surface area contributed by atoms with Crippen LogP contribution < -0.4 is 5.32 Å². The number of alkyl halides is 2. The first-order chi connectivity index (χ1) is 6.55. The van der Waals surface area contributed by atoms with Gasteiger partial charge >= 0.3 is 0 Å². The molecule has 0 unspecified atom stereocenters. The summed E-state index contributed by atoms with van der Waals surface area (Å²) in [7, 11) is 0.884. The summed E-state index contributed by atoms with van der Waals surface area (Å²) >= 11 is 0. The maximum atomic E-state index is 12.8. The Morgan fingerprint density at radius 2 is 2.07 bits per heavy atom. The molecular weight excluding hydrogens is 187 g/mol. The van der Waals surface area contributed by atoms with E-state index in [0.29, 0.717) is 19.3 Å². The van der Waals surface area contributed by atoms with Gasteiger partial charge in [0.1, 0.15) is 7.28 Å². The van der Waals surface area contributed by atoms with Gasteiger partial charge < -0.3 is 5.32 Å². The van der Waals surface area contributed by atoms with Gasteiger partial charge in [-0.05, 0) is 19.3 Å². The fourth-order valence-electron chi connectivity index (χ4n) is 1.69. The summed E-state index contributed by atoms with van der Waals surface area (Å²) in [5.41, 5.74) is 0. The normalized spacial score (nSPS) is 21.6. The van der Waals surface area contributed by atoms with Crippen molar-refractivity contribution in [1.82, 2.24) is 5.32 Å². The van der Waals surface area contributed by atoms with Crippen LogP contribution in [0.5, 0.6) is 0 Å². The van der Waals surface area contributed by atoms with Crippen molar-refractivity contribution in [2.45, 2.75) is 38.4 Å². The molecule has 0 spiro atoms. The van der Waals surface area contributed by atoms with Gasteiger partial charge in [0, 0.05) is 18.8 Å². The first kappa shape index (κ1) is 11.5. The molecule has 1 aliphatic rings. The first-order valence-corrected chi connectivity index (χ1v) is 5.21. The zero-order valence-corrected chi connectivity index (χ0v) is 8.48. The molecule has 14 heavy (non-hydrogen) atoms. The summed E-state index contributed by atoms with van der Waals surface area (Å²) in [5, 5.41) is 2.75. The lowest BCUT2D eigenvalue weighted by Crippen LogP contribution is -2.37. The van der Waals surface area contributed by atoms with Crippen LogP contribution in [-0.4, -0.2) is 25.6 Å². The number of amides is 1. The van der Waals surface area contributed by atoms with E-state index in [4.69, 9.17) is 0 Å². The minimum Gasteiger partial charge on any atom is -0.364 e. The summed E-state index contributed by atoms with van der Waals surface area (Å²) in [6.45, 7) is 1.97. The zero-order valence-electron chi connectivity index (χ0n) is 8.48. The van der Waals surface area contributed by atoms with Crippen molar-refractivity contribution in [3.63, 3.8) is 0 Å². The van der Waals surface area contributed by atoms with Crippen molar-refractivity contribution in [3.05, 3.63) is 0 Å². The SMILES string of the molecule is CBCNC(=O)C1CCC(F)(F)CC1. The van der Waals surface area contributed by atoms with E-state index in [-0.39, 0.29) is 24.7 Å². The van der Waals surface area contributed by atoms with Gasteiger partial charge in [-0.2, -0.15) is 0 Å². The van der Waals surface area contributed by atoms with Crippen molar-refractivity contribution in [3.8, 4) is 0 Å². The van der Waals surface area contributed by atoms with Crippen molar-refractivity contribution in [2.24, 2.45) is 5.92 Å². The van der Waals surface area contributed by atoms with E-state index in [0.717, 1.165) is 7.28 Å². The molecule has 0 aliphatic heterocycles. The Hall–Kier alpha value is -0.605. The fourth-order valence-corrected chi connectivity index (χ4v) is 1.69. The molecule has 0 radical (unpaired) electrons. The molecule has 0 aromatic rings. The molecule has 0 aromatic carbocycles. The first-order valence-electron chi connectivity index (χ1n) is 5.21. The summed E-state index contributed by atoms with van der Waals surface area (Å²) in [6.07, 6.45) is 1.01. The van der Waals surface area contributed by atoms with Crippen LogP contribution in [0.1, 0.15) is 25.7 Å². The quantitative estimate of drug-likeness (QED) is 0.689. The maximum absolute atomic E-state index is 12.8. The van der Waals surface area contributed by atoms with Crippen molar-refractivity contribution >= 4 is 13.2 Å². The molecule has 0 bridgehead atoms. The maximum Gasteiger partial charge on any atom is 0.248 e. The fraction of sp³-hybridized carbons (Fsp3) is 0.889. The smallest absolute Gasteiger partial charge is 0.248 e. The molecule has 1 rings (SSSR count). The average Bonchev–Trinajstić information content (AvgIpc) is 2.14. The van der Waals surface area contributed by atoms with Crippen LogP contribution in [0.4, 0.5) is 8.78 Å². The third-order valence-electron chi connectivity index (χ3n) is 2.64. The highest BCUT2D eigenvalue weighted by atomic mass is 19.3. The summed E-state index contributed by atoms with van der Waals surface area (Å²) in [5.74, 6) is -2.79. The van der Waals surface area contributed by atoms with Gasteiger partial charge in [-0.1, -0.05) is 6.82 Å². The molecule has 0 saturated heterocycles. The second-order valence-electron chi connectivity index (χ2n) is 3.92. The van der Waals surface area contributed by atoms with E-state index in [1.54, 1.807) is 0 Å². The highest BCUT2D eigenvalue weighted by Gasteiger charge is 2.37. The second kappa shape index (κ2) is 4.76. The minimum atomic E-state index is -2.54. The van der Waals surface area contributed by atoms with Crippen molar-refractivity contribution in [2.75, 3.05) is 6.44 Å². The predicted octanol–water partition coefficient (Wildman–Crippen LogP) is 1.37. The Bertz CT molecular complexity index is 201. The minimum absolute atomic E-state index is 0.0534. The van der Waals surface area contributed by atoms with Crippen molar-refractivity contribution < 1.29 is 13.6 Å². The van der Waals surface area contributed by atoms with E-state index >= 15 is 0 Å². The van der Waals surface area contributed by atoms with E-state index < -0.39 is 5.92 Å². The Balaban J connectivity index is 2.30. The third kappa shape index (κ3) is 3.27. The van der Waals surface area contributed by atoms with E-state index in [1.807, 2.05) is 6.82 Å². The molecule has 5 heteroatoms. The Morgan fingerprint density at radius 1 is 1.50 bits per heavy atom. The largest absolute Gasteiger partial charge is 0.364 e. The van der Waals surface area contributed by atoms with Crippen LogP contribution in [0.2, 0.25) is 6.82 Å². The number of carbonyl (C=O) groups excluding carboxylic acids is 1. The lowest BCUT2D eigenvalue weighted by Gasteiger charge is -2.27. The molecule has 0 atom stereocenters. The highest BCUT2D eigenvalue weighted by molar-refractivity contribution is 6.34. The van der Waals surface area contributed by atoms with Gasteiger partial charge in [0.15, 0.2) is 0 Å². The number of hydrogen-bond acceptors (Lipinski definition) is 1. The molecular formula is C9H16BF2NO. The highest BCUT2D eigenvalue weighted by Crippen LogP contribution is 2.35. The van der Waals surface area contributed by atoms with E-state index in [9.17, 15) is 13.6 Å². The van der Waals surface area contributed by atoms with Crippen LogP contribution in [-0.2, 0) is 4.79 Å². The molecule has 1 aliphatic carbocycles. The molecule has 80 valence electrons. The lowest BCUT2D eigenvalue weighted by molar-refractivity contribution is -0.128. The number of halogens is 2. The number of nitrogens with one attached hydrogen (secondary N) is 1. The monoisotopic (exact) mass is 203 g/mol. The van der Waals surface area contributed by atoms with Crippen LogP contribution >= 0.6 is 0 Å². The Labute approximate surface area is 83.7 Å². The molecule has 2 nitrogen and oxygen atoms in total.